The van der Waals surface area contributed by atoms with Crippen molar-refractivity contribution in [1.82, 2.24) is 0 Å². The van der Waals surface area contributed by atoms with E-state index in [1.807, 2.05) is 36.4 Å². The summed E-state index contributed by atoms with van der Waals surface area (Å²) < 4.78 is 16.3. The molecule has 0 saturated carbocycles. The van der Waals surface area contributed by atoms with E-state index in [9.17, 15) is 4.79 Å². The highest BCUT2D eigenvalue weighted by Crippen LogP contribution is 2.22. The summed E-state index contributed by atoms with van der Waals surface area (Å²) in [5.74, 6) is -0.729. The van der Waals surface area contributed by atoms with Crippen molar-refractivity contribution in [2.45, 2.75) is 32.2 Å². The van der Waals surface area contributed by atoms with Crippen LogP contribution in [0.1, 0.15) is 25.3 Å². The molecule has 0 bridgehead atoms. The maximum Gasteiger partial charge on any atom is 0.172 e. The van der Waals surface area contributed by atoms with E-state index in [1.54, 1.807) is 13.0 Å². The summed E-state index contributed by atoms with van der Waals surface area (Å²) in [7, 11) is 0. The van der Waals surface area contributed by atoms with Crippen molar-refractivity contribution in [1.29, 1.82) is 0 Å². The van der Waals surface area contributed by atoms with Gasteiger partial charge in [-0.05, 0) is 25.0 Å². The van der Waals surface area contributed by atoms with E-state index in [-0.39, 0.29) is 12.2 Å². The molecule has 1 aliphatic rings. The van der Waals surface area contributed by atoms with Crippen molar-refractivity contribution in [3.05, 3.63) is 48.0 Å². The van der Waals surface area contributed by atoms with E-state index in [1.165, 1.54) is 0 Å². The van der Waals surface area contributed by atoms with Gasteiger partial charge in [0.15, 0.2) is 11.6 Å². The van der Waals surface area contributed by atoms with Gasteiger partial charge in [0.2, 0.25) is 0 Å². The summed E-state index contributed by atoms with van der Waals surface area (Å²) in [4.78, 5) is 11.8. The molecule has 1 aliphatic heterocycles. The van der Waals surface area contributed by atoms with E-state index in [2.05, 4.69) is 0 Å². The molecule has 1 aromatic carbocycles. The van der Waals surface area contributed by atoms with Crippen molar-refractivity contribution < 1.29 is 19.0 Å². The third kappa shape index (κ3) is 5.79. The predicted molar refractivity (Wildman–Crippen MR) is 79.8 cm³/mol. The van der Waals surface area contributed by atoms with Gasteiger partial charge in [0.05, 0.1) is 32.8 Å². The number of benzene rings is 1. The van der Waals surface area contributed by atoms with Gasteiger partial charge in [-0.1, -0.05) is 36.4 Å². The Bertz CT molecular complexity index is 461. The summed E-state index contributed by atoms with van der Waals surface area (Å²) in [6, 6.07) is 10.0. The monoisotopic (exact) mass is 290 g/mol. The Morgan fingerprint density at radius 2 is 2.00 bits per heavy atom. The number of rotatable bonds is 8. The van der Waals surface area contributed by atoms with Crippen molar-refractivity contribution in [2.24, 2.45) is 0 Å². The van der Waals surface area contributed by atoms with E-state index in [0.717, 1.165) is 12.0 Å². The number of ketones is 1. The van der Waals surface area contributed by atoms with Gasteiger partial charge >= 0.3 is 0 Å². The molecule has 4 heteroatoms. The fourth-order valence-electron chi connectivity index (χ4n) is 2.16. The fourth-order valence-corrected chi connectivity index (χ4v) is 2.16. The second-order valence-electron chi connectivity index (χ2n) is 5.20. The molecule has 0 spiro atoms. The van der Waals surface area contributed by atoms with Crippen LogP contribution in [0.2, 0.25) is 0 Å². The largest absolute Gasteiger partial charge is 0.376 e. The zero-order chi connectivity index (χ0) is 15.0. The molecule has 1 heterocycles. The third-order valence-electron chi connectivity index (χ3n) is 3.24. The first kappa shape index (κ1) is 15.9. The summed E-state index contributed by atoms with van der Waals surface area (Å²) in [6.45, 7) is 4.11. The summed E-state index contributed by atoms with van der Waals surface area (Å²) in [5.41, 5.74) is 1.15. The standard InChI is InChI=1S/C17H22O4/c1-17(20-11-12-21-17)13-16(18)9-5-6-10-19-14-15-7-3-2-4-8-15/h2-5,7-9H,6,10-14H2,1H3/b9-5+. The minimum absolute atomic E-state index is 0.0162. The normalized spacial score (nSPS) is 17.4. The van der Waals surface area contributed by atoms with Crippen molar-refractivity contribution >= 4 is 5.78 Å². The van der Waals surface area contributed by atoms with Crippen LogP contribution in [0.15, 0.2) is 42.5 Å². The summed E-state index contributed by atoms with van der Waals surface area (Å²) >= 11 is 0. The van der Waals surface area contributed by atoms with E-state index < -0.39 is 5.79 Å². The van der Waals surface area contributed by atoms with Crippen molar-refractivity contribution in [2.75, 3.05) is 19.8 Å². The van der Waals surface area contributed by atoms with Crippen molar-refractivity contribution in [3.8, 4) is 0 Å². The number of allylic oxidation sites excluding steroid dienone is 1. The first-order valence-electron chi connectivity index (χ1n) is 7.27. The van der Waals surface area contributed by atoms with Crippen molar-refractivity contribution in [3.63, 3.8) is 0 Å². The van der Waals surface area contributed by atoms with Crippen LogP contribution in [0.3, 0.4) is 0 Å². The molecule has 0 N–H and O–H groups in total. The minimum atomic E-state index is -0.745. The van der Waals surface area contributed by atoms with Crippen LogP contribution in [0.5, 0.6) is 0 Å². The molecule has 1 fully saturated rings. The lowest BCUT2D eigenvalue weighted by atomic mass is 10.1. The van der Waals surface area contributed by atoms with Gasteiger partial charge in [-0.3, -0.25) is 4.79 Å². The first-order chi connectivity index (χ1) is 10.2. The SMILES string of the molecule is CC1(CC(=O)/C=C/CCOCc2ccccc2)OCCO1. The molecule has 0 amide bonds. The van der Waals surface area contributed by atoms with E-state index >= 15 is 0 Å². The van der Waals surface area contributed by atoms with Gasteiger partial charge in [0.25, 0.3) is 0 Å². The zero-order valence-corrected chi connectivity index (χ0v) is 12.4. The average molecular weight is 290 g/mol. The molecular formula is C17H22O4. The van der Waals surface area contributed by atoms with Crippen LogP contribution in [0, 0.1) is 0 Å². The Balaban J connectivity index is 1.58. The molecule has 21 heavy (non-hydrogen) atoms. The highest BCUT2D eigenvalue weighted by atomic mass is 16.7. The predicted octanol–water partition coefficient (Wildman–Crippen LogP) is 2.87. The third-order valence-corrected chi connectivity index (χ3v) is 3.24. The molecule has 0 unspecified atom stereocenters. The van der Waals surface area contributed by atoms with Crippen LogP contribution >= 0.6 is 0 Å². The van der Waals surface area contributed by atoms with Gasteiger partial charge in [-0.2, -0.15) is 0 Å². The molecule has 1 saturated heterocycles. The highest BCUT2D eigenvalue weighted by Gasteiger charge is 2.32. The molecular weight excluding hydrogens is 268 g/mol. The number of ether oxygens (including phenoxy) is 3. The van der Waals surface area contributed by atoms with E-state index in [4.69, 9.17) is 14.2 Å². The lowest BCUT2D eigenvalue weighted by Crippen LogP contribution is -2.28. The number of carbonyl (C=O) groups is 1. The topological polar surface area (TPSA) is 44.8 Å². The smallest absolute Gasteiger partial charge is 0.172 e. The molecule has 2 rings (SSSR count). The first-order valence-corrected chi connectivity index (χ1v) is 7.27. The van der Waals surface area contributed by atoms with Crippen LogP contribution < -0.4 is 0 Å². The van der Waals surface area contributed by atoms with Crippen LogP contribution in [0.4, 0.5) is 0 Å². The van der Waals surface area contributed by atoms with Crippen LogP contribution in [-0.4, -0.2) is 31.4 Å². The van der Waals surface area contributed by atoms with Crippen LogP contribution in [-0.2, 0) is 25.6 Å². The number of hydrogen-bond acceptors (Lipinski definition) is 4. The number of carbonyl (C=O) groups excluding carboxylic acids is 1. The molecule has 0 aliphatic carbocycles. The fraction of sp³-hybridized carbons (Fsp3) is 0.471. The Labute approximate surface area is 125 Å². The average Bonchev–Trinajstić information content (AvgIpc) is 2.90. The minimum Gasteiger partial charge on any atom is -0.376 e. The summed E-state index contributed by atoms with van der Waals surface area (Å²) in [5, 5.41) is 0. The van der Waals surface area contributed by atoms with Crippen LogP contribution in [0.25, 0.3) is 0 Å². The van der Waals surface area contributed by atoms with Gasteiger partial charge in [0.1, 0.15) is 0 Å². The summed E-state index contributed by atoms with van der Waals surface area (Å²) in [6.07, 6.45) is 4.40. The molecule has 0 radical (unpaired) electrons. The van der Waals surface area contributed by atoms with Gasteiger partial charge in [0, 0.05) is 0 Å². The lowest BCUT2D eigenvalue weighted by Gasteiger charge is -2.20. The maximum absolute atomic E-state index is 11.8. The molecule has 4 nitrogen and oxygen atoms in total. The van der Waals surface area contributed by atoms with Gasteiger partial charge in [-0.15, -0.1) is 0 Å². The Morgan fingerprint density at radius 1 is 1.29 bits per heavy atom. The molecule has 114 valence electrons. The van der Waals surface area contributed by atoms with Gasteiger partial charge in [-0.25, -0.2) is 0 Å². The lowest BCUT2D eigenvalue weighted by molar-refractivity contribution is -0.155. The van der Waals surface area contributed by atoms with E-state index in [0.29, 0.717) is 26.4 Å². The second-order valence-corrected chi connectivity index (χ2v) is 5.20. The van der Waals surface area contributed by atoms with Gasteiger partial charge < -0.3 is 14.2 Å². The Morgan fingerprint density at radius 3 is 2.71 bits per heavy atom. The maximum atomic E-state index is 11.8. The Hall–Kier alpha value is -1.49. The molecule has 0 atom stereocenters. The Kier molecular flexibility index (Phi) is 6.11. The molecule has 0 aromatic heterocycles. The molecule has 1 aromatic rings. The number of hydrogen-bond donors (Lipinski definition) is 0. The highest BCUT2D eigenvalue weighted by molar-refractivity contribution is 5.90. The quantitative estimate of drug-likeness (QED) is 0.545. The second kappa shape index (κ2) is 8.08. The zero-order valence-electron chi connectivity index (χ0n) is 12.4.